The molecule has 0 radical (unpaired) electrons. The van der Waals surface area contributed by atoms with Crippen LogP contribution in [0.3, 0.4) is 0 Å². The summed E-state index contributed by atoms with van der Waals surface area (Å²) in [5.41, 5.74) is 2.41. The van der Waals surface area contributed by atoms with E-state index in [1.807, 2.05) is 0 Å². The van der Waals surface area contributed by atoms with Crippen LogP contribution in [-0.2, 0) is 15.9 Å². The van der Waals surface area contributed by atoms with Gasteiger partial charge in [-0.15, -0.1) is 0 Å². The van der Waals surface area contributed by atoms with E-state index in [2.05, 4.69) is 81.3 Å². The summed E-state index contributed by atoms with van der Waals surface area (Å²) in [6, 6.07) is 17.5. The molecule has 0 aliphatic carbocycles. The van der Waals surface area contributed by atoms with E-state index in [4.69, 9.17) is 4.84 Å². The van der Waals surface area contributed by atoms with Crippen molar-refractivity contribution in [3.05, 3.63) is 59.7 Å². The summed E-state index contributed by atoms with van der Waals surface area (Å²) >= 11 is 0. The summed E-state index contributed by atoms with van der Waals surface area (Å²) in [7, 11) is 1.78. The predicted molar refractivity (Wildman–Crippen MR) is 96.4 cm³/mol. The first kappa shape index (κ1) is 14.7. The van der Waals surface area contributed by atoms with Crippen molar-refractivity contribution in [1.29, 1.82) is 0 Å². The Balaban J connectivity index is 2.30. The molecule has 0 amide bonds. The summed E-state index contributed by atoms with van der Waals surface area (Å²) in [6.45, 7) is 9.02. The number of hydroxylamine groups is 2. The van der Waals surface area contributed by atoms with Crippen LogP contribution in [0, 0.1) is 0 Å². The molecule has 118 valence electrons. The molecule has 1 aliphatic heterocycles. The third-order valence-electron chi connectivity index (χ3n) is 5.35. The van der Waals surface area contributed by atoms with Crippen molar-refractivity contribution in [2.75, 3.05) is 7.11 Å². The van der Waals surface area contributed by atoms with Crippen LogP contribution in [0.15, 0.2) is 48.5 Å². The van der Waals surface area contributed by atoms with E-state index in [9.17, 15) is 0 Å². The molecule has 1 heterocycles. The third-order valence-corrected chi connectivity index (χ3v) is 5.35. The van der Waals surface area contributed by atoms with Gasteiger partial charge in [-0.25, -0.2) is 0 Å². The molecule has 0 spiro atoms. The lowest BCUT2D eigenvalue weighted by atomic mass is 9.82. The highest BCUT2D eigenvalue weighted by atomic mass is 16.7. The Hall–Kier alpha value is -1.90. The smallest absolute Gasteiger partial charge is 0.0674 e. The van der Waals surface area contributed by atoms with Gasteiger partial charge in [0.15, 0.2) is 0 Å². The Kier molecular flexibility index (Phi) is 2.91. The second-order valence-corrected chi connectivity index (χ2v) is 7.44. The van der Waals surface area contributed by atoms with Crippen molar-refractivity contribution in [3.8, 4) is 0 Å². The average molecular weight is 305 g/mol. The molecule has 0 aromatic heterocycles. The van der Waals surface area contributed by atoms with Gasteiger partial charge >= 0.3 is 0 Å². The van der Waals surface area contributed by atoms with Gasteiger partial charge in [-0.3, -0.25) is 0 Å². The van der Waals surface area contributed by atoms with Gasteiger partial charge in [0.25, 0.3) is 0 Å². The largest absolute Gasteiger partial charge is 0.301 e. The van der Waals surface area contributed by atoms with Crippen LogP contribution in [-0.4, -0.2) is 12.2 Å². The highest BCUT2D eigenvalue weighted by Gasteiger charge is 2.51. The molecule has 0 fully saturated rings. The number of nitrogens with zero attached hydrogens (tertiary/aromatic N) is 1. The van der Waals surface area contributed by atoms with Gasteiger partial charge in [0.2, 0.25) is 0 Å². The maximum Gasteiger partial charge on any atom is 0.0674 e. The lowest BCUT2D eigenvalue weighted by Crippen LogP contribution is -2.44. The van der Waals surface area contributed by atoms with Gasteiger partial charge in [0.05, 0.1) is 18.2 Å². The number of rotatable bonds is 1. The summed E-state index contributed by atoms with van der Waals surface area (Å²) in [5.74, 6) is 0. The highest BCUT2D eigenvalue weighted by Crippen LogP contribution is 2.54. The molecule has 2 nitrogen and oxygen atoms in total. The number of hydrogen-bond acceptors (Lipinski definition) is 2. The molecule has 0 unspecified atom stereocenters. The van der Waals surface area contributed by atoms with Crippen molar-refractivity contribution in [2.45, 2.75) is 38.8 Å². The van der Waals surface area contributed by atoms with E-state index in [0.717, 1.165) is 0 Å². The normalized spacial score (nSPS) is 19.3. The first-order valence-electron chi connectivity index (χ1n) is 8.19. The fraction of sp³-hybridized carbons (Fsp3) is 0.333. The van der Waals surface area contributed by atoms with Gasteiger partial charge in [-0.05, 0) is 60.4 Å². The molecule has 0 bridgehead atoms. The summed E-state index contributed by atoms with van der Waals surface area (Å²) in [4.78, 5) is 5.86. The lowest BCUT2D eigenvalue weighted by Gasteiger charge is -2.38. The zero-order chi connectivity index (χ0) is 16.4. The summed E-state index contributed by atoms with van der Waals surface area (Å²) in [5, 5.41) is 7.45. The minimum Gasteiger partial charge on any atom is -0.301 e. The second-order valence-electron chi connectivity index (χ2n) is 7.44. The van der Waals surface area contributed by atoms with E-state index in [1.165, 1.54) is 32.7 Å². The minimum atomic E-state index is -0.183. The zero-order valence-corrected chi connectivity index (χ0v) is 14.5. The van der Waals surface area contributed by atoms with Crippen molar-refractivity contribution in [3.63, 3.8) is 0 Å². The van der Waals surface area contributed by atoms with Crippen LogP contribution in [0.25, 0.3) is 21.5 Å². The molecule has 0 N–H and O–H groups in total. The molecule has 3 aromatic carbocycles. The van der Waals surface area contributed by atoms with Crippen molar-refractivity contribution in [1.82, 2.24) is 5.06 Å². The van der Waals surface area contributed by atoms with Crippen LogP contribution in [0.2, 0.25) is 0 Å². The fourth-order valence-corrected chi connectivity index (χ4v) is 4.77. The molecular formula is C21H23NO. The monoisotopic (exact) mass is 305 g/mol. The van der Waals surface area contributed by atoms with Crippen LogP contribution in [0.4, 0.5) is 0 Å². The third kappa shape index (κ3) is 1.71. The van der Waals surface area contributed by atoms with Crippen LogP contribution < -0.4 is 0 Å². The fourth-order valence-electron chi connectivity index (χ4n) is 4.77. The van der Waals surface area contributed by atoms with Crippen molar-refractivity contribution in [2.24, 2.45) is 0 Å². The van der Waals surface area contributed by atoms with Gasteiger partial charge in [0.1, 0.15) is 0 Å². The Morgan fingerprint density at radius 3 is 1.35 bits per heavy atom. The maximum atomic E-state index is 5.86. The van der Waals surface area contributed by atoms with Gasteiger partial charge in [-0.1, -0.05) is 48.5 Å². The first-order chi connectivity index (χ1) is 10.9. The van der Waals surface area contributed by atoms with Crippen molar-refractivity contribution < 1.29 is 4.84 Å². The van der Waals surface area contributed by atoms with Gasteiger partial charge < -0.3 is 4.84 Å². The lowest BCUT2D eigenvalue weighted by molar-refractivity contribution is -0.241. The highest BCUT2D eigenvalue weighted by molar-refractivity contribution is 6.11. The van der Waals surface area contributed by atoms with E-state index < -0.39 is 0 Å². The summed E-state index contributed by atoms with van der Waals surface area (Å²) in [6.07, 6.45) is 0. The SMILES string of the molecule is CON1C(C)(C)c2c(c3ccccc3c3ccccc23)C1(C)C. The summed E-state index contributed by atoms with van der Waals surface area (Å²) < 4.78 is 0. The average Bonchev–Trinajstić information content (AvgIpc) is 2.69. The van der Waals surface area contributed by atoms with Gasteiger partial charge in [0, 0.05) is 0 Å². The topological polar surface area (TPSA) is 12.5 Å². The quantitative estimate of drug-likeness (QED) is 0.563. The molecule has 23 heavy (non-hydrogen) atoms. The molecule has 1 aliphatic rings. The van der Waals surface area contributed by atoms with E-state index >= 15 is 0 Å². The molecule has 0 atom stereocenters. The number of benzene rings is 3. The van der Waals surface area contributed by atoms with E-state index in [1.54, 1.807) is 7.11 Å². The molecule has 4 rings (SSSR count). The number of hydrogen-bond donors (Lipinski definition) is 0. The Morgan fingerprint density at radius 1 is 0.652 bits per heavy atom. The Bertz CT molecular complexity index is 849. The van der Waals surface area contributed by atoms with Crippen LogP contribution >= 0.6 is 0 Å². The molecule has 0 saturated carbocycles. The van der Waals surface area contributed by atoms with Crippen LogP contribution in [0.1, 0.15) is 38.8 Å². The molecule has 3 aromatic rings. The minimum absolute atomic E-state index is 0.183. The van der Waals surface area contributed by atoms with E-state index in [0.29, 0.717) is 0 Å². The molecule has 0 saturated heterocycles. The Morgan fingerprint density at radius 2 is 1.00 bits per heavy atom. The molecule has 2 heteroatoms. The zero-order valence-electron chi connectivity index (χ0n) is 14.5. The van der Waals surface area contributed by atoms with Crippen molar-refractivity contribution >= 4 is 21.5 Å². The first-order valence-corrected chi connectivity index (χ1v) is 8.19. The van der Waals surface area contributed by atoms with Crippen LogP contribution in [0.5, 0.6) is 0 Å². The van der Waals surface area contributed by atoms with E-state index in [-0.39, 0.29) is 11.1 Å². The Labute approximate surface area is 137 Å². The second kappa shape index (κ2) is 4.56. The number of fused-ring (bicyclic) bond motifs is 6. The maximum absolute atomic E-state index is 5.86. The predicted octanol–water partition coefficient (Wildman–Crippen LogP) is 5.34. The molecular weight excluding hydrogens is 282 g/mol. The van der Waals surface area contributed by atoms with Gasteiger partial charge in [-0.2, -0.15) is 5.06 Å². The standard InChI is InChI=1S/C21H23NO/c1-20(2)18-16-12-8-6-10-14(16)15-11-7-9-13-17(15)19(18)21(3,4)22(20)23-5/h6-13H,1-5H3.